The van der Waals surface area contributed by atoms with Crippen molar-refractivity contribution in [2.24, 2.45) is 17.8 Å². The lowest BCUT2D eigenvalue weighted by molar-refractivity contribution is 0.235. The van der Waals surface area contributed by atoms with Crippen LogP contribution in [0, 0.1) is 17.8 Å². The lowest BCUT2D eigenvalue weighted by Gasteiger charge is -2.31. The molecule has 0 radical (unpaired) electrons. The third-order valence-corrected chi connectivity index (χ3v) is 3.53. The van der Waals surface area contributed by atoms with Crippen LogP contribution < -0.4 is 5.32 Å². The Balaban J connectivity index is 2.16. The number of nitrogens with one attached hydrogen (secondary N) is 1. The summed E-state index contributed by atoms with van der Waals surface area (Å²) in [6.07, 6.45) is 5.67. The molecule has 0 saturated heterocycles. The van der Waals surface area contributed by atoms with Gasteiger partial charge in [0.1, 0.15) is 0 Å². The minimum absolute atomic E-state index is 0.790. The van der Waals surface area contributed by atoms with E-state index in [1.807, 2.05) is 0 Å². The van der Waals surface area contributed by atoms with E-state index in [1.54, 1.807) is 0 Å². The summed E-state index contributed by atoms with van der Waals surface area (Å²) in [7, 11) is 0. The van der Waals surface area contributed by atoms with E-state index in [4.69, 9.17) is 0 Å². The first-order valence-corrected chi connectivity index (χ1v) is 6.33. The molecule has 1 rings (SSSR count). The van der Waals surface area contributed by atoms with Crippen LogP contribution in [0.2, 0.25) is 0 Å². The molecule has 14 heavy (non-hydrogen) atoms. The Labute approximate surface area is 89.7 Å². The predicted molar refractivity (Wildman–Crippen MR) is 63.4 cm³/mol. The molecule has 0 bridgehead atoms. The highest BCUT2D eigenvalue weighted by atomic mass is 14.9. The molecule has 1 fully saturated rings. The normalized spacial score (nSPS) is 28.7. The van der Waals surface area contributed by atoms with Crippen LogP contribution >= 0.6 is 0 Å². The Morgan fingerprint density at radius 2 is 1.57 bits per heavy atom. The van der Waals surface area contributed by atoms with Gasteiger partial charge >= 0.3 is 0 Å². The fraction of sp³-hybridized carbons (Fsp3) is 1.00. The molecule has 0 aromatic heterocycles. The zero-order valence-electron chi connectivity index (χ0n) is 10.3. The van der Waals surface area contributed by atoms with E-state index in [9.17, 15) is 0 Å². The van der Waals surface area contributed by atoms with Gasteiger partial charge in [-0.3, -0.25) is 0 Å². The zero-order valence-corrected chi connectivity index (χ0v) is 10.3. The van der Waals surface area contributed by atoms with E-state index < -0.39 is 0 Å². The monoisotopic (exact) mass is 197 g/mol. The van der Waals surface area contributed by atoms with Gasteiger partial charge < -0.3 is 5.32 Å². The van der Waals surface area contributed by atoms with Crippen LogP contribution in [0.3, 0.4) is 0 Å². The second-order valence-corrected chi connectivity index (χ2v) is 5.66. The second-order valence-electron chi connectivity index (χ2n) is 5.66. The maximum atomic E-state index is 3.68. The van der Waals surface area contributed by atoms with Gasteiger partial charge in [-0.1, -0.05) is 27.7 Å². The topological polar surface area (TPSA) is 12.0 Å². The zero-order chi connectivity index (χ0) is 10.6. The summed E-state index contributed by atoms with van der Waals surface area (Å²) in [5, 5.41) is 3.68. The largest absolute Gasteiger partial charge is 0.314 e. The highest BCUT2D eigenvalue weighted by molar-refractivity contribution is 4.78. The standard InChI is InChI=1S/C13H27N/c1-10(2)9-14-13-7-5-12(6-8-13)11(3)4/h10-14H,5-9H2,1-4H3. The van der Waals surface area contributed by atoms with Gasteiger partial charge in [0, 0.05) is 6.04 Å². The van der Waals surface area contributed by atoms with Crippen molar-refractivity contribution in [3.8, 4) is 0 Å². The minimum atomic E-state index is 0.790. The first kappa shape index (κ1) is 12.0. The Hall–Kier alpha value is -0.0400. The van der Waals surface area contributed by atoms with Crippen molar-refractivity contribution in [1.29, 1.82) is 0 Å². The van der Waals surface area contributed by atoms with E-state index in [-0.39, 0.29) is 0 Å². The summed E-state index contributed by atoms with van der Waals surface area (Å²) in [6, 6.07) is 0.812. The van der Waals surface area contributed by atoms with Gasteiger partial charge in [-0.05, 0) is 50.0 Å². The maximum absolute atomic E-state index is 3.68. The molecule has 1 heteroatoms. The van der Waals surface area contributed by atoms with E-state index in [1.165, 1.54) is 32.2 Å². The molecule has 0 amide bonds. The predicted octanol–water partition coefficient (Wildman–Crippen LogP) is 3.45. The van der Waals surface area contributed by atoms with E-state index in [0.717, 1.165) is 23.8 Å². The molecule has 0 aliphatic heterocycles. The van der Waals surface area contributed by atoms with Gasteiger partial charge in [0.15, 0.2) is 0 Å². The maximum Gasteiger partial charge on any atom is 0.00673 e. The van der Waals surface area contributed by atoms with Crippen molar-refractivity contribution < 1.29 is 0 Å². The Kier molecular flexibility index (Phi) is 4.94. The second kappa shape index (κ2) is 5.75. The molecule has 0 spiro atoms. The SMILES string of the molecule is CC(C)CNC1CCC(C(C)C)CC1. The molecule has 0 aromatic rings. The summed E-state index contributed by atoms with van der Waals surface area (Å²) in [5.41, 5.74) is 0. The number of hydrogen-bond acceptors (Lipinski definition) is 1. The average molecular weight is 197 g/mol. The summed E-state index contributed by atoms with van der Waals surface area (Å²) in [6.45, 7) is 10.5. The highest BCUT2D eigenvalue weighted by Gasteiger charge is 2.22. The van der Waals surface area contributed by atoms with Crippen molar-refractivity contribution in [2.75, 3.05) is 6.54 Å². The van der Waals surface area contributed by atoms with Crippen LogP contribution in [-0.2, 0) is 0 Å². The summed E-state index contributed by atoms with van der Waals surface area (Å²) in [5.74, 6) is 2.67. The molecule has 84 valence electrons. The number of rotatable bonds is 4. The lowest BCUT2D eigenvalue weighted by atomic mass is 9.79. The van der Waals surface area contributed by atoms with Crippen molar-refractivity contribution in [1.82, 2.24) is 5.32 Å². The fourth-order valence-corrected chi connectivity index (χ4v) is 2.39. The van der Waals surface area contributed by atoms with Crippen LogP contribution in [0.25, 0.3) is 0 Å². The minimum Gasteiger partial charge on any atom is -0.314 e. The Morgan fingerprint density at radius 3 is 2.00 bits per heavy atom. The van der Waals surface area contributed by atoms with Crippen LogP contribution in [0.15, 0.2) is 0 Å². The van der Waals surface area contributed by atoms with Gasteiger partial charge in [-0.25, -0.2) is 0 Å². The molecule has 1 N–H and O–H groups in total. The molecular formula is C13H27N. The Bertz CT molecular complexity index is 143. The van der Waals surface area contributed by atoms with E-state index in [2.05, 4.69) is 33.0 Å². The molecular weight excluding hydrogens is 170 g/mol. The van der Waals surface area contributed by atoms with Gasteiger partial charge in [0.05, 0.1) is 0 Å². The molecule has 0 heterocycles. The number of hydrogen-bond donors (Lipinski definition) is 1. The third-order valence-electron chi connectivity index (χ3n) is 3.53. The summed E-state index contributed by atoms with van der Waals surface area (Å²) < 4.78 is 0. The van der Waals surface area contributed by atoms with Crippen molar-refractivity contribution in [2.45, 2.75) is 59.4 Å². The third kappa shape index (κ3) is 4.00. The first-order valence-electron chi connectivity index (χ1n) is 6.33. The fourth-order valence-electron chi connectivity index (χ4n) is 2.39. The van der Waals surface area contributed by atoms with Crippen LogP contribution in [0.1, 0.15) is 53.4 Å². The van der Waals surface area contributed by atoms with Crippen LogP contribution in [-0.4, -0.2) is 12.6 Å². The molecule has 0 unspecified atom stereocenters. The molecule has 1 nitrogen and oxygen atoms in total. The molecule has 1 aliphatic rings. The van der Waals surface area contributed by atoms with E-state index >= 15 is 0 Å². The van der Waals surface area contributed by atoms with Crippen molar-refractivity contribution >= 4 is 0 Å². The first-order chi connectivity index (χ1) is 6.59. The van der Waals surface area contributed by atoms with Gasteiger partial charge in [0.2, 0.25) is 0 Å². The van der Waals surface area contributed by atoms with Gasteiger partial charge in [-0.15, -0.1) is 0 Å². The highest BCUT2D eigenvalue weighted by Crippen LogP contribution is 2.29. The molecule has 1 saturated carbocycles. The smallest absolute Gasteiger partial charge is 0.00673 e. The van der Waals surface area contributed by atoms with Crippen LogP contribution in [0.4, 0.5) is 0 Å². The molecule has 1 aliphatic carbocycles. The molecule has 0 atom stereocenters. The quantitative estimate of drug-likeness (QED) is 0.728. The van der Waals surface area contributed by atoms with Crippen molar-refractivity contribution in [3.63, 3.8) is 0 Å². The van der Waals surface area contributed by atoms with Crippen LogP contribution in [0.5, 0.6) is 0 Å². The molecule has 0 aromatic carbocycles. The van der Waals surface area contributed by atoms with Crippen molar-refractivity contribution in [3.05, 3.63) is 0 Å². The summed E-state index contributed by atoms with van der Waals surface area (Å²) >= 11 is 0. The van der Waals surface area contributed by atoms with Gasteiger partial charge in [0.25, 0.3) is 0 Å². The van der Waals surface area contributed by atoms with Gasteiger partial charge in [-0.2, -0.15) is 0 Å². The lowest BCUT2D eigenvalue weighted by Crippen LogP contribution is -2.36. The van der Waals surface area contributed by atoms with E-state index in [0.29, 0.717) is 0 Å². The summed E-state index contributed by atoms with van der Waals surface area (Å²) in [4.78, 5) is 0. The average Bonchev–Trinajstić information content (AvgIpc) is 2.15. The Morgan fingerprint density at radius 1 is 1.00 bits per heavy atom.